The first-order valence-corrected chi connectivity index (χ1v) is 4.90. The molecular weight excluding hydrogens is 192 g/mol. The van der Waals surface area contributed by atoms with E-state index < -0.39 is 0 Å². The second-order valence-electron chi connectivity index (χ2n) is 3.44. The Bertz CT molecular complexity index is 526. The molecule has 2 rings (SSSR count). The Balaban J connectivity index is 2.62. The largest absolute Gasteiger partial charge is 0.330 e. The van der Waals surface area contributed by atoms with Crippen LogP contribution in [0, 0.1) is 0 Å². The summed E-state index contributed by atoms with van der Waals surface area (Å²) in [6.45, 7) is 1.40. The van der Waals surface area contributed by atoms with E-state index in [1.54, 1.807) is 22.4 Å². The molecule has 2 aromatic heterocycles. The SMILES string of the molecule is CNCCn1c(=O)n(C)c2cccnc21. The standard InChI is InChI=1S/C10H14N4O/c1-11-6-7-14-9-8(4-3-5-12-9)13(2)10(14)15/h3-5,11H,6-7H2,1-2H3. The molecule has 0 aliphatic carbocycles. The van der Waals surface area contributed by atoms with Crippen LogP contribution in [-0.4, -0.2) is 27.7 Å². The Morgan fingerprint density at radius 1 is 1.53 bits per heavy atom. The third-order valence-corrected chi connectivity index (χ3v) is 2.49. The van der Waals surface area contributed by atoms with Gasteiger partial charge in [0.15, 0.2) is 5.65 Å². The van der Waals surface area contributed by atoms with Crippen LogP contribution in [0.2, 0.25) is 0 Å². The maximum Gasteiger partial charge on any atom is 0.330 e. The number of imidazole rings is 1. The molecule has 0 aliphatic rings. The van der Waals surface area contributed by atoms with Crippen LogP contribution in [-0.2, 0) is 13.6 Å². The molecule has 0 saturated heterocycles. The lowest BCUT2D eigenvalue weighted by atomic mass is 10.4. The van der Waals surface area contributed by atoms with Crippen LogP contribution in [0.5, 0.6) is 0 Å². The molecule has 5 heteroatoms. The van der Waals surface area contributed by atoms with Gasteiger partial charge in [0.2, 0.25) is 0 Å². The minimum atomic E-state index is -0.0149. The molecule has 0 aromatic carbocycles. The lowest BCUT2D eigenvalue weighted by Crippen LogP contribution is -2.26. The van der Waals surface area contributed by atoms with Gasteiger partial charge in [-0.3, -0.25) is 9.13 Å². The van der Waals surface area contributed by atoms with E-state index in [2.05, 4.69) is 10.3 Å². The van der Waals surface area contributed by atoms with Crippen LogP contribution in [0.25, 0.3) is 11.2 Å². The predicted molar refractivity (Wildman–Crippen MR) is 58.9 cm³/mol. The summed E-state index contributed by atoms with van der Waals surface area (Å²) in [5, 5.41) is 3.02. The normalized spacial score (nSPS) is 11.1. The number of aromatic nitrogens is 3. The van der Waals surface area contributed by atoms with Crippen LogP contribution in [0.1, 0.15) is 0 Å². The first kappa shape index (κ1) is 9.92. The Labute approximate surface area is 87.4 Å². The van der Waals surface area contributed by atoms with E-state index in [1.807, 2.05) is 19.2 Å². The molecule has 80 valence electrons. The van der Waals surface area contributed by atoms with E-state index in [-0.39, 0.29) is 5.69 Å². The van der Waals surface area contributed by atoms with Crippen LogP contribution in [0.15, 0.2) is 23.1 Å². The minimum Gasteiger partial charge on any atom is -0.318 e. The smallest absolute Gasteiger partial charge is 0.318 e. The molecule has 0 spiro atoms. The zero-order valence-corrected chi connectivity index (χ0v) is 8.90. The van der Waals surface area contributed by atoms with Gasteiger partial charge in [-0.1, -0.05) is 0 Å². The molecule has 1 N–H and O–H groups in total. The number of hydrogen-bond donors (Lipinski definition) is 1. The van der Waals surface area contributed by atoms with Gasteiger partial charge < -0.3 is 5.32 Å². The summed E-state index contributed by atoms with van der Waals surface area (Å²) in [4.78, 5) is 16.1. The quantitative estimate of drug-likeness (QED) is 0.766. The van der Waals surface area contributed by atoms with Gasteiger partial charge in [-0.15, -0.1) is 0 Å². The van der Waals surface area contributed by atoms with Gasteiger partial charge in [0, 0.05) is 26.3 Å². The van der Waals surface area contributed by atoms with Gasteiger partial charge in [-0.25, -0.2) is 9.78 Å². The topological polar surface area (TPSA) is 51.9 Å². The highest BCUT2D eigenvalue weighted by Crippen LogP contribution is 2.07. The number of aryl methyl sites for hydroxylation is 1. The molecule has 2 aromatic rings. The fourth-order valence-corrected chi connectivity index (χ4v) is 1.66. The van der Waals surface area contributed by atoms with Crippen molar-refractivity contribution < 1.29 is 0 Å². The highest BCUT2D eigenvalue weighted by molar-refractivity contribution is 5.71. The average molecular weight is 206 g/mol. The van der Waals surface area contributed by atoms with Crippen molar-refractivity contribution in [1.82, 2.24) is 19.4 Å². The van der Waals surface area contributed by atoms with Gasteiger partial charge in [0.25, 0.3) is 0 Å². The first-order chi connectivity index (χ1) is 7.25. The molecule has 0 atom stereocenters. The molecule has 0 unspecified atom stereocenters. The predicted octanol–water partition coefficient (Wildman–Crippen LogP) is -0.0456. The van der Waals surface area contributed by atoms with E-state index in [1.165, 1.54) is 0 Å². The summed E-state index contributed by atoms with van der Waals surface area (Å²) in [5.74, 6) is 0. The van der Waals surface area contributed by atoms with Gasteiger partial charge >= 0.3 is 5.69 Å². The molecule has 0 radical (unpaired) electrons. The molecular formula is C10H14N4O. The van der Waals surface area contributed by atoms with Gasteiger partial charge in [0.1, 0.15) is 0 Å². The summed E-state index contributed by atoms with van der Waals surface area (Å²) in [6, 6.07) is 3.74. The molecule has 0 bridgehead atoms. The second kappa shape index (κ2) is 3.86. The van der Waals surface area contributed by atoms with Crippen LogP contribution < -0.4 is 11.0 Å². The van der Waals surface area contributed by atoms with Gasteiger partial charge in [-0.2, -0.15) is 0 Å². The first-order valence-electron chi connectivity index (χ1n) is 4.90. The third kappa shape index (κ3) is 1.55. The van der Waals surface area contributed by atoms with Crippen LogP contribution in [0.3, 0.4) is 0 Å². The third-order valence-electron chi connectivity index (χ3n) is 2.49. The number of nitrogens with one attached hydrogen (secondary N) is 1. The number of hydrogen-bond acceptors (Lipinski definition) is 3. The van der Waals surface area contributed by atoms with Gasteiger partial charge in [0.05, 0.1) is 5.52 Å². The Morgan fingerprint density at radius 2 is 2.33 bits per heavy atom. The minimum absolute atomic E-state index is 0.0149. The maximum atomic E-state index is 11.9. The Kier molecular flexibility index (Phi) is 2.55. The highest BCUT2D eigenvalue weighted by Gasteiger charge is 2.09. The Hall–Kier alpha value is -1.62. The summed E-state index contributed by atoms with van der Waals surface area (Å²) >= 11 is 0. The van der Waals surface area contributed by atoms with Crippen molar-refractivity contribution in [3.8, 4) is 0 Å². The summed E-state index contributed by atoms with van der Waals surface area (Å²) in [7, 11) is 3.63. The van der Waals surface area contributed by atoms with Crippen molar-refractivity contribution in [2.24, 2.45) is 7.05 Å². The van der Waals surface area contributed by atoms with E-state index in [4.69, 9.17) is 0 Å². The van der Waals surface area contributed by atoms with Crippen LogP contribution >= 0.6 is 0 Å². The lowest BCUT2D eigenvalue weighted by molar-refractivity contribution is 0.624. The van der Waals surface area contributed by atoms with Crippen molar-refractivity contribution in [3.05, 3.63) is 28.8 Å². The molecule has 0 amide bonds. The second-order valence-corrected chi connectivity index (χ2v) is 3.44. The summed E-state index contributed by atoms with van der Waals surface area (Å²) in [6.07, 6.45) is 1.71. The van der Waals surface area contributed by atoms with Crippen LogP contribution in [0.4, 0.5) is 0 Å². The maximum absolute atomic E-state index is 11.9. The Morgan fingerprint density at radius 3 is 3.07 bits per heavy atom. The number of fused-ring (bicyclic) bond motifs is 1. The van der Waals surface area contributed by atoms with Crippen molar-refractivity contribution in [3.63, 3.8) is 0 Å². The zero-order valence-electron chi connectivity index (χ0n) is 8.90. The zero-order chi connectivity index (χ0) is 10.8. The molecule has 15 heavy (non-hydrogen) atoms. The van der Waals surface area contributed by atoms with E-state index in [0.29, 0.717) is 6.54 Å². The number of nitrogens with zero attached hydrogens (tertiary/aromatic N) is 3. The monoisotopic (exact) mass is 206 g/mol. The number of rotatable bonds is 3. The number of likely N-dealkylation sites (N-methyl/N-ethyl adjacent to an activating group) is 1. The summed E-state index contributed by atoms with van der Waals surface area (Å²) < 4.78 is 3.31. The lowest BCUT2D eigenvalue weighted by Gasteiger charge is -2.00. The van der Waals surface area contributed by atoms with Crippen molar-refractivity contribution in [2.45, 2.75) is 6.54 Å². The van der Waals surface area contributed by atoms with Crippen molar-refractivity contribution in [1.29, 1.82) is 0 Å². The van der Waals surface area contributed by atoms with E-state index in [0.717, 1.165) is 17.7 Å². The molecule has 0 aliphatic heterocycles. The van der Waals surface area contributed by atoms with E-state index in [9.17, 15) is 4.79 Å². The van der Waals surface area contributed by atoms with Gasteiger partial charge in [-0.05, 0) is 19.2 Å². The highest BCUT2D eigenvalue weighted by atomic mass is 16.1. The fourth-order valence-electron chi connectivity index (χ4n) is 1.66. The fraction of sp³-hybridized carbons (Fsp3) is 0.400. The van der Waals surface area contributed by atoms with E-state index >= 15 is 0 Å². The molecule has 2 heterocycles. The number of pyridine rings is 1. The average Bonchev–Trinajstić information content (AvgIpc) is 2.51. The summed E-state index contributed by atoms with van der Waals surface area (Å²) in [5.41, 5.74) is 1.61. The molecule has 0 saturated carbocycles. The van der Waals surface area contributed by atoms with Crippen molar-refractivity contribution in [2.75, 3.05) is 13.6 Å². The van der Waals surface area contributed by atoms with Crippen molar-refractivity contribution >= 4 is 11.2 Å². The molecule has 0 fully saturated rings. The molecule has 5 nitrogen and oxygen atoms in total.